The maximum Gasteiger partial charge on any atom is 0.120 e. The molecule has 0 bridgehead atoms. The van der Waals surface area contributed by atoms with Gasteiger partial charge in [0.05, 0.1) is 7.11 Å². The van der Waals surface area contributed by atoms with E-state index in [1.54, 1.807) is 7.11 Å². The lowest BCUT2D eigenvalue weighted by molar-refractivity contribution is 0.414. The fourth-order valence-corrected chi connectivity index (χ4v) is 4.50. The number of ether oxygens (including phenoxy) is 1. The molecule has 0 spiro atoms. The van der Waals surface area contributed by atoms with E-state index in [2.05, 4.69) is 51.8 Å². The van der Waals surface area contributed by atoms with E-state index in [1.165, 1.54) is 11.1 Å². The van der Waals surface area contributed by atoms with Crippen molar-refractivity contribution in [2.24, 2.45) is 0 Å². The van der Waals surface area contributed by atoms with Gasteiger partial charge in [0.25, 0.3) is 0 Å². The maximum atomic E-state index is 5.29. The highest BCUT2D eigenvalue weighted by atomic mass is 79.9. The molecule has 0 radical (unpaired) electrons. The van der Waals surface area contributed by atoms with E-state index in [4.69, 9.17) is 4.74 Å². The number of hydrogen-bond acceptors (Lipinski definition) is 1. The van der Waals surface area contributed by atoms with E-state index in [9.17, 15) is 0 Å². The molecular weight excluding hydrogens is 320 g/mol. The van der Waals surface area contributed by atoms with Crippen LogP contribution in [0.25, 0.3) is 0 Å². The first-order valence-electron chi connectivity index (χ1n) is 4.97. The van der Waals surface area contributed by atoms with Gasteiger partial charge in [-0.3, -0.25) is 0 Å². The van der Waals surface area contributed by atoms with Gasteiger partial charge in [-0.25, -0.2) is 0 Å². The van der Waals surface area contributed by atoms with Crippen LogP contribution in [0.2, 0.25) is 0 Å². The molecule has 3 heteroatoms. The predicted octanol–water partition coefficient (Wildman–Crippen LogP) is 4.58. The Hall–Kier alpha value is -0.0200. The van der Waals surface area contributed by atoms with E-state index >= 15 is 0 Å². The third-order valence-electron chi connectivity index (χ3n) is 3.03. The molecule has 0 aliphatic heterocycles. The first-order chi connectivity index (χ1) is 6.95. The average Bonchev–Trinajstić information content (AvgIpc) is 2.37. The lowest BCUT2D eigenvalue weighted by atomic mass is 9.87. The van der Waals surface area contributed by atoms with Gasteiger partial charge in [0, 0.05) is 9.30 Å². The van der Waals surface area contributed by atoms with E-state index < -0.39 is 0 Å². The monoisotopic (exact) mass is 332 g/mol. The second-order valence-corrected chi connectivity index (χ2v) is 6.59. The smallest absolute Gasteiger partial charge is 0.120 e. The number of methoxy groups -OCH3 is 1. The lowest BCUT2D eigenvalue weighted by Crippen LogP contribution is -2.12. The van der Waals surface area contributed by atoms with Crippen LogP contribution < -0.4 is 4.74 Å². The molecule has 1 unspecified atom stereocenters. The molecule has 0 saturated carbocycles. The molecule has 15 heavy (non-hydrogen) atoms. The van der Waals surface area contributed by atoms with Crippen molar-refractivity contribution in [1.82, 2.24) is 0 Å². The zero-order valence-electron chi connectivity index (χ0n) is 9.10. The van der Waals surface area contributed by atoms with Crippen molar-refractivity contribution in [2.75, 3.05) is 7.11 Å². The molecule has 0 saturated heterocycles. The van der Waals surface area contributed by atoms with E-state index in [-0.39, 0.29) is 5.41 Å². The lowest BCUT2D eigenvalue weighted by Gasteiger charge is -2.20. The zero-order valence-corrected chi connectivity index (χ0v) is 12.3. The van der Waals surface area contributed by atoms with Crippen LogP contribution in [0.4, 0.5) is 0 Å². The Bertz CT molecular complexity index is 399. The summed E-state index contributed by atoms with van der Waals surface area (Å²) >= 11 is 7.37. The van der Waals surface area contributed by atoms with Crippen molar-refractivity contribution in [3.05, 3.63) is 27.7 Å². The van der Waals surface area contributed by atoms with Crippen LogP contribution in [0.15, 0.2) is 16.6 Å². The molecular formula is C12H14Br2O. The van der Waals surface area contributed by atoms with Gasteiger partial charge in [-0.2, -0.15) is 0 Å². The SMILES string of the molecule is COc1cc(Br)c2c(c1)C(Br)CC2(C)C. The van der Waals surface area contributed by atoms with Gasteiger partial charge < -0.3 is 4.74 Å². The molecule has 1 aromatic rings. The summed E-state index contributed by atoms with van der Waals surface area (Å²) in [6, 6.07) is 4.18. The summed E-state index contributed by atoms with van der Waals surface area (Å²) in [6.45, 7) is 4.56. The summed E-state index contributed by atoms with van der Waals surface area (Å²) < 4.78 is 6.44. The number of alkyl halides is 1. The summed E-state index contributed by atoms with van der Waals surface area (Å²) in [4.78, 5) is 0.439. The molecule has 0 amide bonds. The first kappa shape index (κ1) is 11.5. The largest absolute Gasteiger partial charge is 0.497 e. The summed E-state index contributed by atoms with van der Waals surface area (Å²) in [5.41, 5.74) is 2.99. The fraction of sp³-hybridized carbons (Fsp3) is 0.500. The van der Waals surface area contributed by atoms with Crippen LogP contribution in [0.1, 0.15) is 36.2 Å². The second kappa shape index (κ2) is 3.77. The Morgan fingerprint density at radius 3 is 2.67 bits per heavy atom. The highest BCUT2D eigenvalue weighted by Gasteiger charge is 2.37. The molecule has 82 valence electrons. The molecule has 1 atom stereocenters. The Kier molecular flexibility index (Phi) is 2.89. The summed E-state index contributed by atoms with van der Waals surface area (Å²) in [5.74, 6) is 0.919. The zero-order chi connectivity index (χ0) is 11.2. The molecule has 1 aromatic carbocycles. The highest BCUT2D eigenvalue weighted by molar-refractivity contribution is 9.10. The molecule has 0 heterocycles. The van der Waals surface area contributed by atoms with Gasteiger partial charge in [-0.15, -0.1) is 0 Å². The maximum absolute atomic E-state index is 5.29. The van der Waals surface area contributed by atoms with Gasteiger partial charge >= 0.3 is 0 Å². The van der Waals surface area contributed by atoms with Crippen molar-refractivity contribution in [1.29, 1.82) is 0 Å². The molecule has 2 rings (SSSR count). The summed E-state index contributed by atoms with van der Waals surface area (Å²) in [6.07, 6.45) is 1.13. The number of rotatable bonds is 1. The Balaban J connectivity index is 2.63. The van der Waals surface area contributed by atoms with Crippen molar-refractivity contribution in [2.45, 2.75) is 30.5 Å². The Morgan fingerprint density at radius 1 is 1.40 bits per heavy atom. The highest BCUT2D eigenvalue weighted by Crippen LogP contribution is 2.52. The average molecular weight is 334 g/mol. The normalized spacial score (nSPS) is 22.6. The third kappa shape index (κ3) is 1.84. The van der Waals surface area contributed by atoms with Crippen LogP contribution in [0, 0.1) is 0 Å². The summed E-state index contributed by atoms with van der Waals surface area (Å²) in [5, 5.41) is 0. The minimum atomic E-state index is 0.231. The summed E-state index contributed by atoms with van der Waals surface area (Å²) in [7, 11) is 1.71. The topological polar surface area (TPSA) is 9.23 Å². The van der Waals surface area contributed by atoms with Crippen molar-refractivity contribution in [3.63, 3.8) is 0 Å². The quantitative estimate of drug-likeness (QED) is 0.684. The Labute approximate surface area is 107 Å². The van der Waals surface area contributed by atoms with Crippen LogP contribution in [-0.2, 0) is 5.41 Å². The second-order valence-electron chi connectivity index (χ2n) is 4.63. The van der Waals surface area contributed by atoms with Gasteiger partial charge in [0.15, 0.2) is 0 Å². The van der Waals surface area contributed by atoms with E-state index in [0.29, 0.717) is 4.83 Å². The van der Waals surface area contributed by atoms with E-state index in [1.807, 2.05) is 6.07 Å². The fourth-order valence-electron chi connectivity index (χ4n) is 2.34. The van der Waals surface area contributed by atoms with Crippen LogP contribution in [0.3, 0.4) is 0 Å². The van der Waals surface area contributed by atoms with Crippen molar-refractivity contribution in [3.8, 4) is 5.75 Å². The van der Waals surface area contributed by atoms with E-state index in [0.717, 1.165) is 16.6 Å². The number of hydrogen-bond donors (Lipinski definition) is 0. The number of benzene rings is 1. The minimum Gasteiger partial charge on any atom is -0.497 e. The van der Waals surface area contributed by atoms with Crippen molar-refractivity contribution >= 4 is 31.9 Å². The first-order valence-corrected chi connectivity index (χ1v) is 6.68. The molecule has 1 aliphatic rings. The molecule has 0 N–H and O–H groups in total. The van der Waals surface area contributed by atoms with Crippen molar-refractivity contribution < 1.29 is 4.74 Å². The van der Waals surface area contributed by atoms with Gasteiger partial charge in [-0.1, -0.05) is 45.7 Å². The van der Waals surface area contributed by atoms with Crippen LogP contribution >= 0.6 is 31.9 Å². The number of halogens is 2. The molecule has 0 aromatic heterocycles. The minimum absolute atomic E-state index is 0.231. The molecule has 1 aliphatic carbocycles. The van der Waals surface area contributed by atoms with Gasteiger partial charge in [-0.05, 0) is 35.1 Å². The standard InChI is InChI=1S/C12H14Br2O/c1-12(2)6-10(14)8-4-7(15-3)5-9(13)11(8)12/h4-5,10H,6H2,1-3H3. The van der Waals surface area contributed by atoms with Crippen LogP contribution in [-0.4, -0.2) is 7.11 Å². The van der Waals surface area contributed by atoms with Crippen LogP contribution in [0.5, 0.6) is 5.75 Å². The van der Waals surface area contributed by atoms with Gasteiger partial charge in [0.1, 0.15) is 5.75 Å². The third-order valence-corrected chi connectivity index (χ3v) is 4.48. The molecule has 0 fully saturated rings. The van der Waals surface area contributed by atoms with Gasteiger partial charge in [0.2, 0.25) is 0 Å². The predicted molar refractivity (Wildman–Crippen MR) is 70.0 cm³/mol. The Morgan fingerprint density at radius 2 is 2.07 bits per heavy atom. The molecule has 1 nitrogen and oxygen atoms in total. The number of fused-ring (bicyclic) bond motifs is 1.